The molecule has 0 bridgehead atoms. The van der Waals surface area contributed by atoms with Gasteiger partial charge in [0.25, 0.3) is 0 Å². The van der Waals surface area contributed by atoms with E-state index in [9.17, 15) is 0 Å². The normalized spacial score (nSPS) is 10.6. The maximum atomic E-state index is 5.86. The number of para-hydroxylation sites is 1. The van der Waals surface area contributed by atoms with Gasteiger partial charge in [-0.05, 0) is 56.7 Å². The monoisotopic (exact) mass is 345 g/mol. The Balaban J connectivity index is 2.21. The van der Waals surface area contributed by atoms with Crippen molar-refractivity contribution in [2.45, 2.75) is 0 Å². The Morgan fingerprint density at radius 1 is 1.19 bits per heavy atom. The van der Waals surface area contributed by atoms with Crippen LogP contribution in [0.1, 0.15) is 0 Å². The van der Waals surface area contributed by atoms with E-state index in [1.165, 1.54) is 0 Å². The fraction of sp³-hybridized carbons (Fsp3) is 0.0714. The zero-order valence-corrected chi connectivity index (χ0v) is 12.8. The van der Waals surface area contributed by atoms with Crippen LogP contribution >= 0.6 is 15.9 Å². The third-order valence-corrected chi connectivity index (χ3v) is 3.69. The molecule has 3 rings (SSSR count). The van der Waals surface area contributed by atoms with E-state index in [4.69, 9.17) is 10.5 Å². The summed E-state index contributed by atoms with van der Waals surface area (Å²) in [5.74, 6) is 1.22. The molecule has 1 heterocycles. The minimum absolute atomic E-state index is 0.561. The molecule has 0 fully saturated rings. The van der Waals surface area contributed by atoms with E-state index < -0.39 is 0 Å². The second-order valence-corrected chi connectivity index (χ2v) is 5.18. The molecule has 0 aliphatic rings. The van der Waals surface area contributed by atoms with Crippen LogP contribution in [0.3, 0.4) is 0 Å². The molecule has 0 spiro atoms. The molecule has 0 aliphatic heterocycles. The van der Waals surface area contributed by atoms with Gasteiger partial charge in [0, 0.05) is 10.2 Å². The first-order valence-electron chi connectivity index (χ1n) is 6.18. The van der Waals surface area contributed by atoms with Gasteiger partial charge in [-0.1, -0.05) is 12.1 Å². The SMILES string of the molecule is COc1ccc(N)cc1-c1nnnn1-c1ccccc1Br. The predicted octanol–water partition coefficient (Wildman–Crippen LogP) is 2.68. The van der Waals surface area contributed by atoms with Gasteiger partial charge in [-0.25, -0.2) is 0 Å². The summed E-state index contributed by atoms with van der Waals surface area (Å²) >= 11 is 3.50. The number of tetrazole rings is 1. The average molecular weight is 346 g/mol. The first-order valence-corrected chi connectivity index (χ1v) is 6.97. The summed E-state index contributed by atoms with van der Waals surface area (Å²) in [5.41, 5.74) is 8.05. The molecule has 0 saturated carbocycles. The Hall–Kier alpha value is -2.41. The molecular formula is C14H12BrN5O. The highest BCUT2D eigenvalue weighted by Gasteiger charge is 2.16. The van der Waals surface area contributed by atoms with Gasteiger partial charge in [-0.2, -0.15) is 4.68 Å². The summed E-state index contributed by atoms with van der Waals surface area (Å²) in [4.78, 5) is 0. The molecular weight excluding hydrogens is 334 g/mol. The molecule has 2 N–H and O–H groups in total. The van der Waals surface area contributed by atoms with Crippen molar-refractivity contribution in [2.75, 3.05) is 12.8 Å². The Kier molecular flexibility index (Phi) is 3.57. The van der Waals surface area contributed by atoms with Crippen molar-refractivity contribution >= 4 is 21.6 Å². The zero-order chi connectivity index (χ0) is 14.8. The van der Waals surface area contributed by atoms with Crippen molar-refractivity contribution in [3.8, 4) is 22.8 Å². The lowest BCUT2D eigenvalue weighted by Gasteiger charge is -2.10. The van der Waals surface area contributed by atoms with E-state index in [1.807, 2.05) is 24.3 Å². The van der Waals surface area contributed by atoms with Crippen LogP contribution in [0, 0.1) is 0 Å². The van der Waals surface area contributed by atoms with Gasteiger partial charge < -0.3 is 10.5 Å². The van der Waals surface area contributed by atoms with Crippen molar-refractivity contribution in [1.29, 1.82) is 0 Å². The number of benzene rings is 2. The number of halogens is 1. The van der Waals surface area contributed by atoms with Crippen LogP contribution in [-0.2, 0) is 0 Å². The second-order valence-electron chi connectivity index (χ2n) is 4.33. The van der Waals surface area contributed by atoms with Gasteiger partial charge >= 0.3 is 0 Å². The third-order valence-electron chi connectivity index (χ3n) is 3.01. The summed E-state index contributed by atoms with van der Waals surface area (Å²) in [6.07, 6.45) is 0. The molecule has 0 aliphatic carbocycles. The van der Waals surface area contributed by atoms with Gasteiger partial charge in [0.1, 0.15) is 5.75 Å². The van der Waals surface area contributed by atoms with Gasteiger partial charge in [0.05, 0.1) is 18.4 Å². The van der Waals surface area contributed by atoms with Crippen LogP contribution in [0.4, 0.5) is 5.69 Å². The Morgan fingerprint density at radius 3 is 2.76 bits per heavy atom. The van der Waals surface area contributed by atoms with E-state index in [-0.39, 0.29) is 0 Å². The molecule has 3 aromatic rings. The van der Waals surface area contributed by atoms with Gasteiger partial charge in [-0.3, -0.25) is 0 Å². The predicted molar refractivity (Wildman–Crippen MR) is 83.3 cm³/mol. The van der Waals surface area contributed by atoms with Gasteiger partial charge in [-0.15, -0.1) is 5.10 Å². The quantitative estimate of drug-likeness (QED) is 0.738. The van der Waals surface area contributed by atoms with Crippen LogP contribution < -0.4 is 10.5 Å². The number of nitrogens with zero attached hydrogens (tertiary/aromatic N) is 4. The molecule has 106 valence electrons. The van der Waals surface area contributed by atoms with Crippen LogP contribution in [-0.4, -0.2) is 27.3 Å². The first-order chi connectivity index (χ1) is 10.2. The number of aromatic nitrogens is 4. The van der Waals surface area contributed by atoms with Gasteiger partial charge in [0.2, 0.25) is 0 Å². The van der Waals surface area contributed by atoms with E-state index in [0.29, 0.717) is 17.3 Å². The van der Waals surface area contributed by atoms with Crippen molar-refractivity contribution < 1.29 is 4.74 Å². The Labute approximate surface area is 129 Å². The van der Waals surface area contributed by atoms with Crippen molar-refractivity contribution in [1.82, 2.24) is 20.2 Å². The standard InChI is InChI=1S/C14H12BrN5O/c1-21-13-7-6-9(16)8-10(13)14-17-18-19-20(14)12-5-3-2-4-11(12)15/h2-8H,16H2,1H3. The number of ether oxygens (including phenoxy) is 1. The average Bonchev–Trinajstić information content (AvgIpc) is 2.96. The number of nitrogens with two attached hydrogens (primary N) is 1. The van der Waals surface area contributed by atoms with E-state index >= 15 is 0 Å². The molecule has 21 heavy (non-hydrogen) atoms. The highest BCUT2D eigenvalue weighted by molar-refractivity contribution is 9.10. The highest BCUT2D eigenvalue weighted by Crippen LogP contribution is 2.32. The Morgan fingerprint density at radius 2 is 2.00 bits per heavy atom. The first kappa shape index (κ1) is 13.6. The summed E-state index contributed by atoms with van der Waals surface area (Å²) in [5, 5.41) is 11.9. The fourth-order valence-electron chi connectivity index (χ4n) is 2.04. The third kappa shape index (κ3) is 2.47. The van der Waals surface area contributed by atoms with Crippen LogP contribution in [0.25, 0.3) is 17.1 Å². The lowest BCUT2D eigenvalue weighted by atomic mass is 10.1. The number of rotatable bonds is 3. The summed E-state index contributed by atoms with van der Waals surface area (Å²) in [6, 6.07) is 13.1. The van der Waals surface area contributed by atoms with E-state index in [2.05, 4.69) is 31.5 Å². The smallest absolute Gasteiger partial charge is 0.190 e. The number of nitrogen functional groups attached to an aromatic ring is 1. The molecule has 1 aromatic heterocycles. The van der Waals surface area contributed by atoms with Crippen molar-refractivity contribution in [3.05, 3.63) is 46.9 Å². The lowest BCUT2D eigenvalue weighted by Crippen LogP contribution is -2.02. The number of anilines is 1. The van der Waals surface area contributed by atoms with Gasteiger partial charge in [0.15, 0.2) is 5.82 Å². The highest BCUT2D eigenvalue weighted by atomic mass is 79.9. The zero-order valence-electron chi connectivity index (χ0n) is 11.2. The molecule has 7 heteroatoms. The Bertz CT molecular complexity index is 787. The second kappa shape index (κ2) is 5.53. The van der Waals surface area contributed by atoms with Crippen LogP contribution in [0.5, 0.6) is 5.75 Å². The molecule has 6 nitrogen and oxygen atoms in total. The molecule has 2 aromatic carbocycles. The van der Waals surface area contributed by atoms with Crippen molar-refractivity contribution in [2.24, 2.45) is 0 Å². The maximum Gasteiger partial charge on any atom is 0.190 e. The van der Waals surface area contributed by atoms with Crippen molar-refractivity contribution in [3.63, 3.8) is 0 Å². The molecule has 0 atom stereocenters. The fourth-order valence-corrected chi connectivity index (χ4v) is 2.49. The largest absolute Gasteiger partial charge is 0.496 e. The maximum absolute atomic E-state index is 5.86. The lowest BCUT2D eigenvalue weighted by molar-refractivity contribution is 0.416. The molecule has 0 radical (unpaired) electrons. The topological polar surface area (TPSA) is 78.8 Å². The minimum atomic E-state index is 0.561. The van der Waals surface area contributed by atoms with E-state index in [0.717, 1.165) is 15.7 Å². The number of hydrogen-bond donors (Lipinski definition) is 1. The summed E-state index contributed by atoms with van der Waals surface area (Å²) < 4.78 is 7.90. The molecule has 0 unspecified atom stereocenters. The number of hydrogen-bond acceptors (Lipinski definition) is 5. The molecule has 0 amide bonds. The summed E-state index contributed by atoms with van der Waals surface area (Å²) in [7, 11) is 1.60. The van der Waals surface area contributed by atoms with Crippen LogP contribution in [0.2, 0.25) is 0 Å². The minimum Gasteiger partial charge on any atom is -0.496 e. The van der Waals surface area contributed by atoms with Crippen LogP contribution in [0.15, 0.2) is 46.9 Å². The number of methoxy groups -OCH3 is 1. The summed E-state index contributed by atoms with van der Waals surface area (Å²) in [6.45, 7) is 0. The molecule has 0 saturated heterocycles. The van der Waals surface area contributed by atoms with E-state index in [1.54, 1.807) is 30.0 Å².